The first-order valence-corrected chi connectivity index (χ1v) is 12.2. The van der Waals surface area contributed by atoms with Crippen molar-refractivity contribution in [2.45, 2.75) is 44.0 Å². The SMILES string of the molecule is CC(=O)c1ccc(S(=O)(=O)N2CCC3(CCN(Cc4ccc([N+](=O)[O-])o4)CC3)CC2)cc1. The lowest BCUT2D eigenvalue weighted by Crippen LogP contribution is -2.48. The summed E-state index contributed by atoms with van der Waals surface area (Å²) in [5.41, 5.74) is 0.633. The van der Waals surface area contributed by atoms with Gasteiger partial charge in [0, 0.05) is 18.7 Å². The molecule has 1 aromatic heterocycles. The highest BCUT2D eigenvalue weighted by Gasteiger charge is 2.40. The summed E-state index contributed by atoms with van der Waals surface area (Å²) >= 11 is 0. The van der Waals surface area contributed by atoms with Crippen molar-refractivity contribution >= 4 is 21.7 Å². The molecule has 0 unspecified atom stereocenters. The molecule has 4 rings (SSSR count). The summed E-state index contributed by atoms with van der Waals surface area (Å²) in [5, 5.41) is 10.8. The predicted octanol–water partition coefficient (Wildman–Crippen LogP) is 3.46. The predicted molar refractivity (Wildman–Crippen MR) is 117 cm³/mol. The largest absolute Gasteiger partial charge is 0.433 e. The molecule has 0 aliphatic carbocycles. The Morgan fingerprint density at radius 2 is 1.62 bits per heavy atom. The number of carbonyl (C=O) groups excluding carboxylic acids is 1. The number of benzene rings is 1. The highest BCUT2D eigenvalue weighted by atomic mass is 32.2. The fourth-order valence-corrected chi connectivity index (χ4v) is 6.11. The maximum atomic E-state index is 13.0. The summed E-state index contributed by atoms with van der Waals surface area (Å²) in [7, 11) is -3.57. The minimum absolute atomic E-state index is 0.0922. The van der Waals surface area contributed by atoms with Gasteiger partial charge in [0.2, 0.25) is 10.0 Å². The molecule has 32 heavy (non-hydrogen) atoms. The average Bonchev–Trinajstić information content (AvgIpc) is 3.25. The van der Waals surface area contributed by atoms with Gasteiger partial charge in [-0.3, -0.25) is 19.8 Å². The quantitative estimate of drug-likeness (QED) is 0.368. The van der Waals surface area contributed by atoms with Gasteiger partial charge in [0.15, 0.2) is 5.78 Å². The van der Waals surface area contributed by atoms with Crippen molar-refractivity contribution in [3.8, 4) is 0 Å². The van der Waals surface area contributed by atoms with Crippen molar-refractivity contribution in [3.05, 3.63) is 57.8 Å². The van der Waals surface area contributed by atoms with E-state index in [-0.39, 0.29) is 22.0 Å². The molecule has 2 aliphatic rings. The van der Waals surface area contributed by atoms with E-state index >= 15 is 0 Å². The second-order valence-corrected chi connectivity index (χ2v) is 10.7. The fraction of sp³-hybridized carbons (Fsp3) is 0.500. The summed E-state index contributed by atoms with van der Waals surface area (Å²) in [6.07, 6.45) is 3.57. The number of nitrogens with zero attached hydrogens (tertiary/aromatic N) is 3. The molecular formula is C22H27N3O6S. The number of piperidine rings is 2. The van der Waals surface area contributed by atoms with Crippen LogP contribution >= 0.6 is 0 Å². The first-order valence-electron chi connectivity index (χ1n) is 10.8. The molecule has 2 aromatic rings. The third kappa shape index (κ3) is 4.62. The van der Waals surface area contributed by atoms with Gasteiger partial charge in [0.25, 0.3) is 0 Å². The van der Waals surface area contributed by atoms with E-state index < -0.39 is 14.9 Å². The van der Waals surface area contributed by atoms with Crippen molar-refractivity contribution in [1.82, 2.24) is 9.21 Å². The molecule has 1 spiro atoms. The van der Waals surface area contributed by atoms with Crippen LogP contribution in [0.4, 0.5) is 5.88 Å². The van der Waals surface area contributed by atoms with E-state index in [4.69, 9.17) is 4.42 Å². The van der Waals surface area contributed by atoms with Gasteiger partial charge in [0.1, 0.15) is 10.7 Å². The van der Waals surface area contributed by atoms with Crippen molar-refractivity contribution in [2.75, 3.05) is 26.2 Å². The number of sulfonamides is 1. The smallest absolute Gasteiger partial charge is 0.404 e. The van der Waals surface area contributed by atoms with Crippen LogP contribution in [0.3, 0.4) is 0 Å². The zero-order chi connectivity index (χ0) is 22.9. The van der Waals surface area contributed by atoms with Crippen LogP contribution in [0, 0.1) is 15.5 Å². The molecule has 9 nitrogen and oxygen atoms in total. The minimum Gasteiger partial charge on any atom is -0.404 e. The third-order valence-electron chi connectivity index (χ3n) is 6.81. The molecule has 2 saturated heterocycles. The molecule has 1 aromatic carbocycles. The highest BCUT2D eigenvalue weighted by molar-refractivity contribution is 7.89. The normalized spacial score (nSPS) is 19.8. The average molecular weight is 462 g/mol. The summed E-state index contributed by atoms with van der Waals surface area (Å²) in [5.74, 6) is 0.257. The topological polar surface area (TPSA) is 114 Å². The van der Waals surface area contributed by atoms with Gasteiger partial charge in [-0.15, -0.1) is 0 Å². The molecule has 0 saturated carbocycles. The molecule has 0 radical (unpaired) electrons. The van der Waals surface area contributed by atoms with Gasteiger partial charge in [0.05, 0.1) is 17.5 Å². The lowest BCUT2D eigenvalue weighted by molar-refractivity contribution is -0.402. The number of likely N-dealkylation sites (tertiary alicyclic amines) is 1. The zero-order valence-corrected chi connectivity index (χ0v) is 18.8. The standard InChI is InChI=1S/C22H27N3O6S/c1-17(26)18-2-5-20(6-3-18)32(29,30)24-14-10-22(11-15-24)8-12-23(13-9-22)16-19-4-7-21(31-19)25(27)28/h2-7H,8-16H2,1H3. The Labute approximate surface area is 187 Å². The van der Waals surface area contributed by atoms with Crippen LogP contribution in [-0.4, -0.2) is 54.5 Å². The Bertz CT molecular complexity index is 1090. The Kier molecular flexibility index (Phi) is 6.19. The lowest BCUT2D eigenvalue weighted by Gasteiger charge is -2.46. The second kappa shape index (κ2) is 8.76. The number of rotatable bonds is 6. The van der Waals surface area contributed by atoms with E-state index in [9.17, 15) is 23.3 Å². The van der Waals surface area contributed by atoms with Gasteiger partial charge in [-0.25, -0.2) is 8.42 Å². The Morgan fingerprint density at radius 1 is 1.03 bits per heavy atom. The number of carbonyl (C=O) groups is 1. The number of hydrogen-bond donors (Lipinski definition) is 0. The monoisotopic (exact) mass is 461 g/mol. The van der Waals surface area contributed by atoms with Crippen molar-refractivity contribution in [1.29, 1.82) is 0 Å². The number of Topliss-reactive ketones (excluding diaryl/α,β-unsaturated/α-hetero) is 1. The molecule has 3 heterocycles. The summed E-state index contributed by atoms with van der Waals surface area (Å²) < 4.78 is 32.9. The van der Waals surface area contributed by atoms with Gasteiger partial charge in [-0.1, -0.05) is 12.1 Å². The van der Waals surface area contributed by atoms with E-state index in [1.165, 1.54) is 25.1 Å². The first kappa shape index (κ1) is 22.6. The molecule has 172 valence electrons. The van der Waals surface area contributed by atoms with Crippen molar-refractivity contribution in [3.63, 3.8) is 0 Å². The molecule has 2 aliphatic heterocycles. The van der Waals surface area contributed by atoms with Crippen LogP contribution in [-0.2, 0) is 16.6 Å². The molecular weight excluding hydrogens is 434 g/mol. The highest BCUT2D eigenvalue weighted by Crippen LogP contribution is 2.42. The lowest BCUT2D eigenvalue weighted by atomic mass is 9.71. The van der Waals surface area contributed by atoms with E-state index in [1.54, 1.807) is 22.5 Å². The van der Waals surface area contributed by atoms with Crippen molar-refractivity contribution < 1.29 is 22.6 Å². The van der Waals surface area contributed by atoms with Gasteiger partial charge in [-0.05, 0) is 69.3 Å². The van der Waals surface area contributed by atoms with E-state index in [0.717, 1.165) is 38.8 Å². The summed E-state index contributed by atoms with van der Waals surface area (Å²) in [6, 6.07) is 9.16. The second-order valence-electron chi connectivity index (χ2n) is 8.76. The number of ketones is 1. The minimum atomic E-state index is -3.57. The fourth-order valence-electron chi connectivity index (χ4n) is 4.67. The summed E-state index contributed by atoms with van der Waals surface area (Å²) in [6.45, 7) is 4.68. The van der Waals surface area contributed by atoms with E-state index in [2.05, 4.69) is 4.90 Å². The zero-order valence-electron chi connectivity index (χ0n) is 18.0. The molecule has 10 heteroatoms. The van der Waals surface area contributed by atoms with Crippen molar-refractivity contribution in [2.24, 2.45) is 5.41 Å². The van der Waals surface area contributed by atoms with Crippen LogP contribution in [0.1, 0.15) is 48.7 Å². The maximum absolute atomic E-state index is 13.0. The van der Waals surface area contributed by atoms with Gasteiger partial charge < -0.3 is 4.42 Å². The van der Waals surface area contributed by atoms with Crippen LogP contribution in [0.25, 0.3) is 0 Å². The Morgan fingerprint density at radius 3 is 2.16 bits per heavy atom. The van der Waals surface area contributed by atoms with Gasteiger partial charge >= 0.3 is 5.88 Å². The van der Waals surface area contributed by atoms with Gasteiger partial charge in [-0.2, -0.15) is 4.31 Å². The van der Waals surface area contributed by atoms with Crippen LogP contribution in [0.15, 0.2) is 45.7 Å². The molecule has 0 bridgehead atoms. The number of furan rings is 1. The third-order valence-corrected chi connectivity index (χ3v) is 8.72. The van der Waals surface area contributed by atoms with Crippen LogP contribution < -0.4 is 0 Å². The molecule has 2 fully saturated rings. The molecule has 0 N–H and O–H groups in total. The van der Waals surface area contributed by atoms with Crippen LogP contribution in [0.2, 0.25) is 0 Å². The number of nitro groups is 1. The molecule has 0 amide bonds. The van der Waals surface area contributed by atoms with E-state index in [0.29, 0.717) is 31.0 Å². The maximum Gasteiger partial charge on any atom is 0.433 e. The summed E-state index contributed by atoms with van der Waals surface area (Å²) in [4.78, 5) is 24.1. The first-order chi connectivity index (χ1) is 15.2. The number of hydrogen-bond acceptors (Lipinski definition) is 7. The Hall–Kier alpha value is -2.56. The molecule has 0 atom stereocenters. The van der Waals surface area contributed by atoms with Crippen LogP contribution in [0.5, 0.6) is 0 Å². The van der Waals surface area contributed by atoms with E-state index in [1.807, 2.05) is 0 Å². The Balaban J connectivity index is 1.32.